The van der Waals surface area contributed by atoms with Gasteiger partial charge < -0.3 is 15.5 Å². The predicted molar refractivity (Wildman–Crippen MR) is 127 cm³/mol. The second-order valence-corrected chi connectivity index (χ2v) is 8.53. The normalized spacial score (nSPS) is 20.7. The third-order valence-electron chi connectivity index (χ3n) is 5.59. The van der Waals surface area contributed by atoms with E-state index >= 15 is 0 Å². The standard InChI is InChI=1S/C20H33N5OS.HI/c1-3-18-23-17(14-27-18)9-11-22-20(21-2)24-16-10-12-25(13-16)19(26)15-7-5-4-6-8-15;/h14-16H,3-13H2,1-2H3,(H2,21,22,24);1H. The summed E-state index contributed by atoms with van der Waals surface area (Å²) in [5.74, 6) is 1.45. The van der Waals surface area contributed by atoms with Crippen LogP contribution in [-0.4, -0.2) is 54.5 Å². The van der Waals surface area contributed by atoms with Crippen LogP contribution in [0.2, 0.25) is 0 Å². The van der Waals surface area contributed by atoms with Crippen molar-refractivity contribution >= 4 is 47.2 Å². The fraction of sp³-hybridized carbons (Fsp3) is 0.750. The Kier molecular flexibility index (Phi) is 9.98. The number of thiazole rings is 1. The van der Waals surface area contributed by atoms with Crippen LogP contribution in [-0.2, 0) is 17.6 Å². The zero-order valence-electron chi connectivity index (χ0n) is 17.1. The first-order chi connectivity index (χ1) is 13.2. The van der Waals surface area contributed by atoms with Crippen molar-refractivity contribution in [1.82, 2.24) is 20.5 Å². The summed E-state index contributed by atoms with van der Waals surface area (Å²) in [4.78, 5) is 23.7. The Morgan fingerprint density at radius 1 is 1.32 bits per heavy atom. The molecule has 1 atom stereocenters. The molecule has 158 valence electrons. The Hall–Kier alpha value is -0.900. The van der Waals surface area contributed by atoms with Crippen LogP contribution in [0.4, 0.5) is 0 Å². The van der Waals surface area contributed by atoms with E-state index in [0.717, 1.165) is 63.4 Å². The van der Waals surface area contributed by atoms with Gasteiger partial charge in [0.05, 0.1) is 10.7 Å². The van der Waals surface area contributed by atoms with Crippen LogP contribution in [0.3, 0.4) is 0 Å². The van der Waals surface area contributed by atoms with Crippen molar-refractivity contribution in [1.29, 1.82) is 0 Å². The van der Waals surface area contributed by atoms with Gasteiger partial charge in [-0.3, -0.25) is 9.79 Å². The Balaban J connectivity index is 0.00000280. The lowest BCUT2D eigenvalue weighted by Crippen LogP contribution is -2.46. The van der Waals surface area contributed by atoms with Gasteiger partial charge in [-0.15, -0.1) is 35.3 Å². The highest BCUT2D eigenvalue weighted by atomic mass is 127. The predicted octanol–water partition coefficient (Wildman–Crippen LogP) is 3.21. The average Bonchev–Trinajstić information content (AvgIpc) is 3.36. The Morgan fingerprint density at radius 3 is 2.79 bits per heavy atom. The smallest absolute Gasteiger partial charge is 0.225 e. The molecule has 2 N–H and O–H groups in total. The summed E-state index contributed by atoms with van der Waals surface area (Å²) in [7, 11) is 1.80. The molecule has 0 spiro atoms. The minimum Gasteiger partial charge on any atom is -0.356 e. The number of carbonyl (C=O) groups is 1. The second-order valence-electron chi connectivity index (χ2n) is 7.58. The summed E-state index contributed by atoms with van der Waals surface area (Å²) in [6.07, 6.45) is 8.75. The van der Waals surface area contributed by atoms with Crippen molar-refractivity contribution in [2.45, 2.75) is 64.3 Å². The van der Waals surface area contributed by atoms with Gasteiger partial charge in [-0.05, 0) is 25.7 Å². The molecule has 1 saturated heterocycles. The monoisotopic (exact) mass is 519 g/mol. The molecule has 1 unspecified atom stereocenters. The number of aryl methyl sites for hydroxylation is 1. The van der Waals surface area contributed by atoms with Crippen molar-refractivity contribution in [2.75, 3.05) is 26.7 Å². The lowest BCUT2D eigenvalue weighted by molar-refractivity contribution is -0.135. The minimum atomic E-state index is 0. The summed E-state index contributed by atoms with van der Waals surface area (Å²) < 4.78 is 0. The van der Waals surface area contributed by atoms with Gasteiger partial charge in [0.15, 0.2) is 5.96 Å². The summed E-state index contributed by atoms with van der Waals surface area (Å²) in [5, 5.41) is 10.2. The van der Waals surface area contributed by atoms with E-state index in [2.05, 4.69) is 37.8 Å². The Labute approximate surface area is 190 Å². The van der Waals surface area contributed by atoms with Gasteiger partial charge in [0.1, 0.15) is 0 Å². The molecule has 28 heavy (non-hydrogen) atoms. The van der Waals surface area contributed by atoms with Crippen LogP contribution in [0.5, 0.6) is 0 Å². The number of nitrogens with one attached hydrogen (secondary N) is 2. The van der Waals surface area contributed by atoms with Crippen molar-refractivity contribution in [3.63, 3.8) is 0 Å². The molecule has 3 rings (SSSR count). The lowest BCUT2D eigenvalue weighted by Gasteiger charge is -2.26. The van der Waals surface area contributed by atoms with Crippen molar-refractivity contribution in [3.05, 3.63) is 16.1 Å². The van der Waals surface area contributed by atoms with Crippen LogP contribution < -0.4 is 10.6 Å². The number of nitrogens with zero attached hydrogens (tertiary/aromatic N) is 3. The van der Waals surface area contributed by atoms with Gasteiger partial charge in [0.25, 0.3) is 0 Å². The topological polar surface area (TPSA) is 69.6 Å². The number of amides is 1. The first kappa shape index (κ1) is 23.4. The number of carbonyl (C=O) groups excluding carboxylic acids is 1. The van der Waals surface area contributed by atoms with Gasteiger partial charge in [0, 0.05) is 50.4 Å². The molecule has 1 saturated carbocycles. The molecule has 2 aliphatic rings. The van der Waals surface area contributed by atoms with Crippen LogP contribution in [0, 0.1) is 5.92 Å². The molecule has 1 aromatic heterocycles. The first-order valence-electron chi connectivity index (χ1n) is 10.4. The number of aromatic nitrogens is 1. The molecule has 1 aliphatic carbocycles. The minimum absolute atomic E-state index is 0. The van der Waals surface area contributed by atoms with Crippen molar-refractivity contribution in [2.24, 2.45) is 10.9 Å². The fourth-order valence-corrected chi connectivity index (χ4v) is 4.79. The highest BCUT2D eigenvalue weighted by molar-refractivity contribution is 14.0. The average molecular weight is 519 g/mol. The summed E-state index contributed by atoms with van der Waals surface area (Å²) in [6.45, 7) is 4.60. The zero-order valence-corrected chi connectivity index (χ0v) is 20.2. The highest BCUT2D eigenvalue weighted by Gasteiger charge is 2.31. The molecule has 0 radical (unpaired) electrons. The van der Waals surface area contributed by atoms with Crippen LogP contribution in [0.1, 0.15) is 56.2 Å². The van der Waals surface area contributed by atoms with Crippen LogP contribution in [0.25, 0.3) is 0 Å². The highest BCUT2D eigenvalue weighted by Crippen LogP contribution is 2.26. The summed E-state index contributed by atoms with van der Waals surface area (Å²) in [5.41, 5.74) is 1.14. The SMILES string of the molecule is CCc1nc(CCNC(=NC)NC2CCN(C(=O)C3CCCCC3)C2)cs1.I. The van der Waals surface area contributed by atoms with E-state index in [-0.39, 0.29) is 35.9 Å². The Bertz CT molecular complexity index is 644. The number of hydrogen-bond donors (Lipinski definition) is 2. The van der Waals surface area contributed by atoms with Crippen molar-refractivity contribution in [3.8, 4) is 0 Å². The lowest BCUT2D eigenvalue weighted by atomic mass is 9.88. The molecule has 8 heteroatoms. The number of aliphatic imine (C=N–C) groups is 1. The van der Waals surface area contributed by atoms with E-state index in [1.54, 1.807) is 18.4 Å². The molecule has 6 nitrogen and oxygen atoms in total. The summed E-state index contributed by atoms with van der Waals surface area (Å²) in [6, 6.07) is 0.287. The zero-order chi connectivity index (χ0) is 19.1. The number of likely N-dealkylation sites (tertiary alicyclic amines) is 1. The molecule has 1 amide bonds. The largest absolute Gasteiger partial charge is 0.356 e. The maximum Gasteiger partial charge on any atom is 0.225 e. The van der Waals surface area contributed by atoms with Gasteiger partial charge in [-0.2, -0.15) is 0 Å². The molecular formula is C20H34IN5OS. The molecule has 2 fully saturated rings. The Morgan fingerprint density at radius 2 is 2.11 bits per heavy atom. The van der Waals surface area contributed by atoms with Gasteiger partial charge in [-0.25, -0.2) is 4.98 Å². The van der Waals surface area contributed by atoms with Crippen molar-refractivity contribution < 1.29 is 4.79 Å². The van der Waals surface area contributed by atoms with Gasteiger partial charge >= 0.3 is 0 Å². The third kappa shape index (κ3) is 6.57. The molecule has 1 aromatic rings. The van der Waals surface area contributed by atoms with E-state index in [1.807, 2.05) is 0 Å². The van der Waals surface area contributed by atoms with E-state index in [9.17, 15) is 4.79 Å². The summed E-state index contributed by atoms with van der Waals surface area (Å²) >= 11 is 1.73. The molecular weight excluding hydrogens is 485 g/mol. The van der Waals surface area contributed by atoms with Crippen LogP contribution in [0.15, 0.2) is 10.4 Å². The van der Waals surface area contributed by atoms with E-state index in [0.29, 0.717) is 5.91 Å². The van der Waals surface area contributed by atoms with E-state index in [4.69, 9.17) is 0 Å². The van der Waals surface area contributed by atoms with Crippen LogP contribution >= 0.6 is 35.3 Å². The molecule has 2 heterocycles. The molecule has 0 aromatic carbocycles. The molecule has 0 bridgehead atoms. The van der Waals surface area contributed by atoms with E-state index in [1.165, 1.54) is 24.3 Å². The molecule has 1 aliphatic heterocycles. The third-order valence-corrected chi connectivity index (χ3v) is 6.64. The maximum absolute atomic E-state index is 12.7. The van der Waals surface area contributed by atoms with E-state index < -0.39 is 0 Å². The fourth-order valence-electron chi connectivity index (χ4n) is 4.01. The number of halogens is 1. The quantitative estimate of drug-likeness (QED) is 0.344. The second kappa shape index (κ2) is 11.9. The maximum atomic E-state index is 12.7. The number of hydrogen-bond acceptors (Lipinski definition) is 4. The number of rotatable bonds is 6. The first-order valence-corrected chi connectivity index (χ1v) is 11.3. The number of guanidine groups is 1. The van der Waals surface area contributed by atoms with Gasteiger partial charge in [0.2, 0.25) is 5.91 Å². The van der Waals surface area contributed by atoms with Gasteiger partial charge in [-0.1, -0.05) is 26.2 Å².